The van der Waals surface area contributed by atoms with E-state index in [2.05, 4.69) is 26.0 Å². The Balaban J connectivity index is 1.71. The average molecular weight is 455 g/mol. The number of amides is 1. The molecule has 146 valence electrons. The molecular formula is C19H23BrN2O4S. The highest BCUT2D eigenvalue weighted by atomic mass is 79.9. The van der Waals surface area contributed by atoms with Crippen molar-refractivity contribution < 1.29 is 17.9 Å². The zero-order chi connectivity index (χ0) is 19.9. The van der Waals surface area contributed by atoms with E-state index in [4.69, 9.17) is 4.74 Å². The number of sulfonamides is 1. The summed E-state index contributed by atoms with van der Waals surface area (Å²) in [7, 11) is -3.60. The van der Waals surface area contributed by atoms with E-state index in [0.717, 1.165) is 10.0 Å². The molecule has 2 aromatic rings. The fourth-order valence-electron chi connectivity index (χ4n) is 2.37. The Labute approximate surface area is 168 Å². The van der Waals surface area contributed by atoms with Crippen LogP contribution in [0.4, 0.5) is 0 Å². The standard InChI is InChI=1S/C19H23BrN2O4S/c1-14-6-7-15(2)18(12-14)27(24,25)22-10-9-21-19(23)8-11-26-17-5-3-4-16(20)13-17/h3-7,12-13,22H,8-11H2,1-2H3,(H,21,23). The van der Waals surface area contributed by atoms with Crippen molar-refractivity contribution in [1.82, 2.24) is 10.0 Å². The molecule has 0 heterocycles. The van der Waals surface area contributed by atoms with Gasteiger partial charge in [-0.2, -0.15) is 0 Å². The molecule has 0 atom stereocenters. The van der Waals surface area contributed by atoms with E-state index < -0.39 is 10.0 Å². The lowest BCUT2D eigenvalue weighted by atomic mass is 10.2. The van der Waals surface area contributed by atoms with Gasteiger partial charge in [-0.05, 0) is 49.2 Å². The second-order valence-corrected chi connectivity index (χ2v) is 8.72. The van der Waals surface area contributed by atoms with E-state index in [-0.39, 0.29) is 36.9 Å². The van der Waals surface area contributed by atoms with Gasteiger partial charge in [0.2, 0.25) is 15.9 Å². The quantitative estimate of drug-likeness (QED) is 0.570. The highest BCUT2D eigenvalue weighted by Crippen LogP contribution is 2.18. The zero-order valence-electron chi connectivity index (χ0n) is 15.3. The SMILES string of the molecule is Cc1ccc(C)c(S(=O)(=O)NCCNC(=O)CCOc2cccc(Br)c2)c1. The number of rotatable bonds is 9. The molecule has 0 bridgehead atoms. The smallest absolute Gasteiger partial charge is 0.240 e. The van der Waals surface area contributed by atoms with E-state index in [0.29, 0.717) is 11.3 Å². The Morgan fingerprint density at radius 2 is 1.89 bits per heavy atom. The summed E-state index contributed by atoms with van der Waals surface area (Å²) < 4.78 is 33.6. The fraction of sp³-hybridized carbons (Fsp3) is 0.316. The van der Waals surface area contributed by atoms with Gasteiger partial charge in [-0.15, -0.1) is 0 Å². The van der Waals surface area contributed by atoms with Crippen LogP contribution in [0, 0.1) is 13.8 Å². The van der Waals surface area contributed by atoms with Gasteiger partial charge in [0.15, 0.2) is 0 Å². The van der Waals surface area contributed by atoms with E-state index in [1.54, 1.807) is 19.1 Å². The van der Waals surface area contributed by atoms with Crippen molar-refractivity contribution in [2.45, 2.75) is 25.2 Å². The number of hydrogen-bond donors (Lipinski definition) is 2. The number of carbonyl (C=O) groups is 1. The first-order chi connectivity index (χ1) is 12.8. The predicted octanol–water partition coefficient (Wildman–Crippen LogP) is 2.93. The Bertz CT molecular complexity index is 900. The molecule has 2 aromatic carbocycles. The number of carbonyl (C=O) groups excluding carboxylic acids is 1. The lowest BCUT2D eigenvalue weighted by Gasteiger charge is -2.11. The van der Waals surface area contributed by atoms with Crippen LogP contribution in [0.1, 0.15) is 17.5 Å². The lowest BCUT2D eigenvalue weighted by Crippen LogP contribution is -2.35. The van der Waals surface area contributed by atoms with Gasteiger partial charge < -0.3 is 10.1 Å². The van der Waals surface area contributed by atoms with Crippen molar-refractivity contribution >= 4 is 31.9 Å². The molecule has 8 heteroatoms. The third-order valence-electron chi connectivity index (χ3n) is 3.77. The van der Waals surface area contributed by atoms with Crippen LogP contribution in [0.3, 0.4) is 0 Å². The Kier molecular flexibility index (Phi) is 7.82. The first-order valence-electron chi connectivity index (χ1n) is 8.50. The van der Waals surface area contributed by atoms with E-state index in [9.17, 15) is 13.2 Å². The lowest BCUT2D eigenvalue weighted by molar-refractivity contribution is -0.121. The minimum Gasteiger partial charge on any atom is -0.493 e. The first kappa shape index (κ1) is 21.4. The second-order valence-electron chi connectivity index (χ2n) is 6.07. The van der Waals surface area contributed by atoms with Crippen molar-refractivity contribution in [2.75, 3.05) is 19.7 Å². The number of benzene rings is 2. The first-order valence-corrected chi connectivity index (χ1v) is 10.8. The van der Waals surface area contributed by atoms with E-state index >= 15 is 0 Å². The van der Waals surface area contributed by atoms with Crippen molar-refractivity contribution in [2.24, 2.45) is 0 Å². The van der Waals surface area contributed by atoms with Crippen molar-refractivity contribution in [3.63, 3.8) is 0 Å². The summed E-state index contributed by atoms with van der Waals surface area (Å²) in [5.74, 6) is 0.481. The molecular weight excluding hydrogens is 432 g/mol. The van der Waals surface area contributed by atoms with Crippen LogP contribution in [0.25, 0.3) is 0 Å². The van der Waals surface area contributed by atoms with Gasteiger partial charge in [-0.25, -0.2) is 13.1 Å². The topological polar surface area (TPSA) is 84.5 Å². The maximum absolute atomic E-state index is 12.4. The molecule has 2 rings (SSSR count). The molecule has 6 nitrogen and oxygen atoms in total. The molecule has 2 N–H and O–H groups in total. The molecule has 0 aromatic heterocycles. The number of ether oxygens (including phenoxy) is 1. The molecule has 0 aliphatic heterocycles. The summed E-state index contributed by atoms with van der Waals surface area (Å²) in [6.45, 7) is 4.17. The van der Waals surface area contributed by atoms with Gasteiger partial charge in [-0.1, -0.05) is 34.1 Å². The van der Waals surface area contributed by atoms with Crippen LogP contribution in [0.2, 0.25) is 0 Å². The van der Waals surface area contributed by atoms with Gasteiger partial charge in [0, 0.05) is 17.6 Å². The minimum absolute atomic E-state index is 0.119. The summed E-state index contributed by atoms with van der Waals surface area (Å²) in [5, 5.41) is 2.68. The highest BCUT2D eigenvalue weighted by Gasteiger charge is 2.16. The fourth-order valence-corrected chi connectivity index (χ4v) is 4.11. The molecule has 0 spiro atoms. The molecule has 0 fully saturated rings. The van der Waals surface area contributed by atoms with Gasteiger partial charge in [0.05, 0.1) is 17.9 Å². The molecule has 0 aliphatic carbocycles. The molecule has 0 unspecified atom stereocenters. The van der Waals surface area contributed by atoms with Crippen LogP contribution in [-0.2, 0) is 14.8 Å². The maximum Gasteiger partial charge on any atom is 0.240 e. The van der Waals surface area contributed by atoms with Gasteiger partial charge >= 0.3 is 0 Å². The maximum atomic E-state index is 12.4. The van der Waals surface area contributed by atoms with Crippen LogP contribution >= 0.6 is 15.9 Å². The third-order valence-corrected chi connectivity index (χ3v) is 5.86. The molecule has 27 heavy (non-hydrogen) atoms. The van der Waals surface area contributed by atoms with E-state index in [1.165, 1.54) is 0 Å². The van der Waals surface area contributed by atoms with Crippen LogP contribution in [-0.4, -0.2) is 34.0 Å². The number of halogens is 1. The summed E-state index contributed by atoms with van der Waals surface area (Å²) in [6.07, 6.45) is 0.191. The minimum atomic E-state index is -3.60. The monoisotopic (exact) mass is 454 g/mol. The highest BCUT2D eigenvalue weighted by molar-refractivity contribution is 9.10. The van der Waals surface area contributed by atoms with Gasteiger partial charge in [0.25, 0.3) is 0 Å². The van der Waals surface area contributed by atoms with Crippen molar-refractivity contribution in [3.05, 3.63) is 58.1 Å². The Hall–Kier alpha value is -1.90. The van der Waals surface area contributed by atoms with Crippen LogP contribution in [0.5, 0.6) is 5.75 Å². The largest absolute Gasteiger partial charge is 0.493 e. The second kappa shape index (κ2) is 9.87. The summed E-state index contributed by atoms with van der Waals surface area (Å²) in [6, 6.07) is 12.6. The third kappa shape index (κ3) is 6.97. The zero-order valence-corrected chi connectivity index (χ0v) is 17.7. The Morgan fingerprint density at radius 3 is 2.63 bits per heavy atom. The number of nitrogens with one attached hydrogen (secondary N) is 2. The molecule has 0 saturated heterocycles. The summed E-state index contributed by atoms with van der Waals surface area (Å²) in [4.78, 5) is 12.1. The number of aryl methyl sites for hydroxylation is 2. The molecule has 1 amide bonds. The van der Waals surface area contributed by atoms with Crippen LogP contribution in [0.15, 0.2) is 51.8 Å². The van der Waals surface area contributed by atoms with E-state index in [1.807, 2.05) is 37.3 Å². The normalized spacial score (nSPS) is 11.2. The van der Waals surface area contributed by atoms with Gasteiger partial charge in [-0.3, -0.25) is 4.79 Å². The predicted molar refractivity (Wildman–Crippen MR) is 108 cm³/mol. The molecule has 0 aliphatic rings. The van der Waals surface area contributed by atoms with Crippen LogP contribution < -0.4 is 14.8 Å². The Morgan fingerprint density at radius 1 is 1.11 bits per heavy atom. The van der Waals surface area contributed by atoms with Crippen molar-refractivity contribution in [3.8, 4) is 5.75 Å². The summed E-state index contributed by atoms with van der Waals surface area (Å²) >= 11 is 3.35. The number of hydrogen-bond acceptors (Lipinski definition) is 4. The molecule has 0 saturated carbocycles. The molecule has 0 radical (unpaired) electrons. The average Bonchev–Trinajstić information content (AvgIpc) is 2.61. The van der Waals surface area contributed by atoms with Gasteiger partial charge in [0.1, 0.15) is 5.75 Å². The van der Waals surface area contributed by atoms with Crippen molar-refractivity contribution in [1.29, 1.82) is 0 Å². The summed E-state index contributed by atoms with van der Waals surface area (Å²) in [5.41, 5.74) is 1.56.